The highest BCUT2D eigenvalue weighted by Gasteiger charge is 2.21. The Morgan fingerprint density at radius 1 is 1.03 bits per heavy atom. The maximum atomic E-state index is 10.9. The van der Waals surface area contributed by atoms with Crippen molar-refractivity contribution in [1.29, 1.82) is 0 Å². The van der Waals surface area contributed by atoms with E-state index in [4.69, 9.17) is 14.2 Å². The van der Waals surface area contributed by atoms with E-state index < -0.39 is 0 Å². The average molecular weight is 425 g/mol. The van der Waals surface area contributed by atoms with Crippen LogP contribution in [-0.4, -0.2) is 24.0 Å². The van der Waals surface area contributed by atoms with Crippen LogP contribution >= 0.6 is 11.3 Å². The van der Waals surface area contributed by atoms with E-state index in [1.54, 1.807) is 6.20 Å². The lowest BCUT2D eigenvalue weighted by Crippen LogP contribution is -2.22. The number of nitrogens with zero attached hydrogens (tertiary/aromatic N) is 1. The van der Waals surface area contributed by atoms with Crippen LogP contribution in [0.25, 0.3) is 0 Å². The molecule has 3 aromatic rings. The predicted molar refractivity (Wildman–Crippen MR) is 116 cm³/mol. The van der Waals surface area contributed by atoms with Crippen molar-refractivity contribution in [2.75, 3.05) is 13.2 Å². The minimum absolute atomic E-state index is 0.0176. The number of carbonyl (C=O) groups is 1. The van der Waals surface area contributed by atoms with Crippen LogP contribution < -0.4 is 19.5 Å². The van der Waals surface area contributed by atoms with Crippen molar-refractivity contribution in [1.82, 2.24) is 10.3 Å². The van der Waals surface area contributed by atoms with Crippen LogP contribution in [0.15, 0.2) is 54.7 Å². The lowest BCUT2D eigenvalue weighted by molar-refractivity contribution is -0.118. The summed E-state index contributed by atoms with van der Waals surface area (Å²) in [5.74, 6) is 3.01. The van der Waals surface area contributed by atoms with Gasteiger partial charge in [-0.2, -0.15) is 0 Å². The lowest BCUT2D eigenvalue weighted by atomic mass is 10.1. The van der Waals surface area contributed by atoms with Crippen LogP contribution in [0.2, 0.25) is 0 Å². The molecule has 2 aromatic carbocycles. The number of aromatic nitrogens is 1. The number of rotatable bonds is 10. The highest BCUT2D eigenvalue weighted by atomic mass is 32.1. The summed E-state index contributed by atoms with van der Waals surface area (Å²) < 4.78 is 17.4. The highest BCUT2D eigenvalue weighted by Crippen LogP contribution is 2.35. The van der Waals surface area contributed by atoms with E-state index in [1.165, 1.54) is 31.1 Å². The van der Waals surface area contributed by atoms with E-state index in [2.05, 4.69) is 10.3 Å². The number of benzene rings is 2. The summed E-state index contributed by atoms with van der Waals surface area (Å²) >= 11 is 1.34. The molecular weight excluding hydrogens is 400 g/mol. The molecule has 0 bridgehead atoms. The van der Waals surface area contributed by atoms with Gasteiger partial charge in [0.25, 0.3) is 5.19 Å². The molecule has 0 unspecified atom stereocenters. The van der Waals surface area contributed by atoms with Gasteiger partial charge in [-0.05, 0) is 78.5 Å². The summed E-state index contributed by atoms with van der Waals surface area (Å²) in [5, 5.41) is 3.96. The third-order valence-corrected chi connectivity index (χ3v) is 5.36. The first-order valence-corrected chi connectivity index (χ1v) is 10.8. The van der Waals surface area contributed by atoms with Gasteiger partial charge in [-0.15, -0.1) is 0 Å². The van der Waals surface area contributed by atoms with Gasteiger partial charge >= 0.3 is 0 Å². The lowest BCUT2D eigenvalue weighted by Gasteiger charge is -2.06. The third-order valence-electron chi connectivity index (χ3n) is 4.60. The molecule has 1 aliphatic rings. The molecule has 0 aliphatic heterocycles. The summed E-state index contributed by atoms with van der Waals surface area (Å²) in [7, 11) is 0. The molecule has 0 spiro atoms. The number of amides is 1. The standard InChI is InChI=1S/C23H24N2O4S/c1-16(26)24-13-12-17-4-6-20(7-5-17)28-22-14-25-23(30-22)29-21-10-8-19(9-11-21)27-15-18-2-3-18/h4-11,14,18H,2-3,12-13,15H2,1H3,(H,24,26). The van der Waals surface area contributed by atoms with E-state index >= 15 is 0 Å². The van der Waals surface area contributed by atoms with Gasteiger partial charge in [-0.3, -0.25) is 4.79 Å². The molecule has 1 aromatic heterocycles. The van der Waals surface area contributed by atoms with Gasteiger partial charge in [0.2, 0.25) is 11.0 Å². The van der Waals surface area contributed by atoms with Crippen LogP contribution in [0.4, 0.5) is 0 Å². The van der Waals surface area contributed by atoms with Gasteiger partial charge in [-0.1, -0.05) is 12.1 Å². The molecule has 0 radical (unpaired) electrons. The number of hydrogen-bond donors (Lipinski definition) is 1. The second-order valence-corrected chi connectivity index (χ2v) is 8.21. The smallest absolute Gasteiger partial charge is 0.282 e. The van der Waals surface area contributed by atoms with E-state index in [-0.39, 0.29) is 5.91 Å². The largest absolute Gasteiger partial charge is 0.493 e. The number of carbonyl (C=O) groups excluding carboxylic acids is 1. The Bertz CT molecular complexity index is 966. The number of nitrogens with one attached hydrogen (secondary N) is 1. The van der Waals surface area contributed by atoms with Gasteiger partial charge in [-0.25, -0.2) is 4.98 Å². The zero-order valence-corrected chi connectivity index (χ0v) is 17.6. The topological polar surface area (TPSA) is 69.7 Å². The van der Waals surface area contributed by atoms with Crippen molar-refractivity contribution >= 4 is 17.2 Å². The number of ether oxygens (including phenoxy) is 3. The van der Waals surface area contributed by atoms with Crippen LogP contribution in [0.3, 0.4) is 0 Å². The van der Waals surface area contributed by atoms with E-state index in [9.17, 15) is 4.79 Å². The van der Waals surface area contributed by atoms with Crippen molar-refractivity contribution in [3.63, 3.8) is 0 Å². The fraction of sp³-hybridized carbons (Fsp3) is 0.304. The SMILES string of the molecule is CC(=O)NCCc1ccc(Oc2cnc(Oc3ccc(OCC4CC4)cc3)s2)cc1. The molecule has 30 heavy (non-hydrogen) atoms. The molecule has 1 saturated carbocycles. The van der Waals surface area contributed by atoms with Crippen LogP contribution in [0.5, 0.6) is 27.5 Å². The van der Waals surface area contributed by atoms with Crippen molar-refractivity contribution in [3.8, 4) is 27.5 Å². The summed E-state index contributed by atoms with van der Waals surface area (Å²) in [5.41, 5.74) is 1.13. The van der Waals surface area contributed by atoms with Crippen molar-refractivity contribution in [2.45, 2.75) is 26.2 Å². The highest BCUT2D eigenvalue weighted by molar-refractivity contribution is 7.15. The zero-order chi connectivity index (χ0) is 20.8. The summed E-state index contributed by atoms with van der Waals surface area (Å²) in [6.07, 6.45) is 4.98. The minimum Gasteiger partial charge on any atom is -0.493 e. The Hall–Kier alpha value is -3.06. The first-order valence-electron chi connectivity index (χ1n) is 10.0. The molecular formula is C23H24N2O4S. The second kappa shape index (κ2) is 9.63. The van der Waals surface area contributed by atoms with Gasteiger partial charge in [0.1, 0.15) is 17.2 Å². The van der Waals surface area contributed by atoms with E-state index in [1.807, 2.05) is 48.5 Å². The van der Waals surface area contributed by atoms with Gasteiger partial charge in [0.05, 0.1) is 12.8 Å². The van der Waals surface area contributed by atoms with Gasteiger partial charge < -0.3 is 19.5 Å². The van der Waals surface area contributed by atoms with Gasteiger partial charge in [0, 0.05) is 13.5 Å². The molecule has 1 aliphatic carbocycles. The molecule has 1 fully saturated rings. The van der Waals surface area contributed by atoms with Crippen LogP contribution in [0, 0.1) is 5.92 Å². The number of thiazole rings is 1. The fourth-order valence-electron chi connectivity index (χ4n) is 2.77. The molecule has 1 heterocycles. The van der Waals surface area contributed by atoms with Crippen LogP contribution in [-0.2, 0) is 11.2 Å². The summed E-state index contributed by atoms with van der Waals surface area (Å²) in [6.45, 7) is 2.94. The Labute approximate surface area is 179 Å². The molecule has 1 N–H and O–H groups in total. The monoisotopic (exact) mass is 424 g/mol. The van der Waals surface area contributed by atoms with Crippen LogP contribution in [0.1, 0.15) is 25.3 Å². The molecule has 6 nitrogen and oxygen atoms in total. The van der Waals surface area contributed by atoms with E-state index in [0.29, 0.717) is 22.6 Å². The third kappa shape index (κ3) is 6.22. The Morgan fingerprint density at radius 3 is 2.40 bits per heavy atom. The van der Waals surface area contributed by atoms with E-state index in [0.717, 1.165) is 36.0 Å². The zero-order valence-electron chi connectivity index (χ0n) is 16.8. The summed E-state index contributed by atoms with van der Waals surface area (Å²) in [4.78, 5) is 15.2. The number of hydrogen-bond acceptors (Lipinski definition) is 6. The average Bonchev–Trinajstić information content (AvgIpc) is 3.48. The summed E-state index contributed by atoms with van der Waals surface area (Å²) in [6, 6.07) is 15.4. The quantitative estimate of drug-likeness (QED) is 0.485. The predicted octanol–water partition coefficient (Wildman–Crippen LogP) is 5.20. The van der Waals surface area contributed by atoms with Crippen molar-refractivity contribution in [2.24, 2.45) is 5.92 Å². The molecule has 1 amide bonds. The Morgan fingerprint density at radius 2 is 1.70 bits per heavy atom. The van der Waals surface area contributed by atoms with Gasteiger partial charge in [0.15, 0.2) is 0 Å². The minimum atomic E-state index is -0.0176. The van der Waals surface area contributed by atoms with Crippen molar-refractivity contribution < 1.29 is 19.0 Å². The fourth-order valence-corrected chi connectivity index (χ4v) is 3.42. The second-order valence-electron chi connectivity index (χ2n) is 7.25. The maximum absolute atomic E-state index is 10.9. The Kier molecular flexibility index (Phi) is 6.49. The first-order chi connectivity index (χ1) is 14.6. The molecule has 4 rings (SSSR count). The van der Waals surface area contributed by atoms with Crippen molar-refractivity contribution in [3.05, 3.63) is 60.3 Å². The Balaban J connectivity index is 1.26. The maximum Gasteiger partial charge on any atom is 0.282 e. The molecule has 0 atom stereocenters. The first kappa shape index (κ1) is 20.2. The molecule has 0 saturated heterocycles. The molecule has 156 valence electrons. The normalized spacial score (nSPS) is 13.0. The molecule has 7 heteroatoms.